The molecule has 1 aliphatic heterocycles. The summed E-state index contributed by atoms with van der Waals surface area (Å²) >= 11 is 2.27. The Balaban J connectivity index is 1.71. The van der Waals surface area contributed by atoms with Crippen LogP contribution in [0, 0.1) is 15.4 Å². The average Bonchev–Trinajstić information content (AvgIpc) is 2.46. The van der Waals surface area contributed by atoms with Gasteiger partial charge in [-0.1, -0.05) is 25.3 Å². The molecule has 0 radical (unpaired) electrons. The fraction of sp³-hybridized carbons (Fsp3) is 0.562. The molecule has 1 saturated carbocycles. The first-order chi connectivity index (χ1) is 9.24. The van der Waals surface area contributed by atoms with Gasteiger partial charge in [0.1, 0.15) is 0 Å². The van der Waals surface area contributed by atoms with Gasteiger partial charge in [-0.25, -0.2) is 0 Å². The molecule has 2 nitrogen and oxygen atoms in total. The molecule has 2 fully saturated rings. The van der Waals surface area contributed by atoms with Gasteiger partial charge >= 0.3 is 0 Å². The van der Waals surface area contributed by atoms with E-state index in [0.29, 0.717) is 0 Å². The van der Waals surface area contributed by atoms with E-state index >= 15 is 0 Å². The van der Waals surface area contributed by atoms with Crippen LogP contribution in [0.4, 0.5) is 0 Å². The minimum atomic E-state index is 0.225. The van der Waals surface area contributed by atoms with Crippen LogP contribution >= 0.6 is 22.6 Å². The van der Waals surface area contributed by atoms with E-state index < -0.39 is 0 Å². The van der Waals surface area contributed by atoms with E-state index in [0.717, 1.165) is 34.1 Å². The number of benzene rings is 1. The van der Waals surface area contributed by atoms with Gasteiger partial charge in [-0.15, -0.1) is 0 Å². The number of piperidine rings is 1. The number of nitrogens with zero attached hydrogens (tertiary/aromatic N) is 1. The van der Waals surface area contributed by atoms with Crippen molar-refractivity contribution in [3.63, 3.8) is 0 Å². The first-order valence-electron chi connectivity index (χ1n) is 7.29. The smallest absolute Gasteiger partial charge is 0.253 e. The normalized spacial score (nSPS) is 26.9. The molecule has 19 heavy (non-hydrogen) atoms. The molecule has 0 aromatic heterocycles. The van der Waals surface area contributed by atoms with E-state index in [9.17, 15) is 4.79 Å². The Hall–Kier alpha value is -0.580. The highest BCUT2D eigenvalue weighted by Gasteiger charge is 2.33. The van der Waals surface area contributed by atoms with Gasteiger partial charge in [0.25, 0.3) is 5.91 Å². The second-order valence-corrected chi connectivity index (χ2v) is 7.10. The molecule has 102 valence electrons. The van der Waals surface area contributed by atoms with Crippen LogP contribution in [0.3, 0.4) is 0 Å². The Kier molecular flexibility index (Phi) is 4.10. The van der Waals surface area contributed by atoms with Crippen LogP contribution in [0.25, 0.3) is 0 Å². The molecule has 1 amide bonds. The molecule has 1 aliphatic carbocycles. The molecule has 0 spiro atoms. The quantitative estimate of drug-likeness (QED) is 0.687. The number of hydrogen-bond acceptors (Lipinski definition) is 1. The Labute approximate surface area is 128 Å². The summed E-state index contributed by atoms with van der Waals surface area (Å²) in [5, 5.41) is 0. The van der Waals surface area contributed by atoms with Gasteiger partial charge < -0.3 is 4.90 Å². The minimum absolute atomic E-state index is 0.225. The number of likely N-dealkylation sites (tertiary alicyclic amines) is 1. The lowest BCUT2D eigenvalue weighted by Crippen LogP contribution is -2.44. The predicted octanol–water partition coefficient (Wildman–Crippen LogP) is 3.94. The zero-order valence-corrected chi connectivity index (χ0v) is 13.3. The molecular weight excluding hydrogens is 349 g/mol. The number of fused-ring (bicyclic) bond motifs is 1. The largest absolute Gasteiger partial charge is 0.338 e. The number of halogens is 1. The fourth-order valence-corrected chi connectivity index (χ4v) is 4.13. The summed E-state index contributed by atoms with van der Waals surface area (Å²) in [7, 11) is 0. The summed E-state index contributed by atoms with van der Waals surface area (Å²) < 4.78 is 1.14. The van der Waals surface area contributed by atoms with Gasteiger partial charge in [-0.05, 0) is 65.5 Å². The van der Waals surface area contributed by atoms with E-state index in [1.807, 2.05) is 24.3 Å². The minimum Gasteiger partial charge on any atom is -0.338 e. The van der Waals surface area contributed by atoms with E-state index in [4.69, 9.17) is 0 Å². The van der Waals surface area contributed by atoms with Crippen LogP contribution in [-0.2, 0) is 0 Å². The van der Waals surface area contributed by atoms with Crippen LogP contribution in [0.2, 0.25) is 0 Å². The van der Waals surface area contributed by atoms with Gasteiger partial charge in [-0.3, -0.25) is 4.79 Å². The third-order valence-electron chi connectivity index (χ3n) is 4.65. The summed E-state index contributed by atoms with van der Waals surface area (Å²) in [4.78, 5) is 14.6. The van der Waals surface area contributed by atoms with E-state index in [-0.39, 0.29) is 5.91 Å². The van der Waals surface area contributed by atoms with Crippen LogP contribution in [-0.4, -0.2) is 23.9 Å². The lowest BCUT2D eigenvalue weighted by atomic mass is 9.75. The van der Waals surface area contributed by atoms with Gasteiger partial charge in [0, 0.05) is 22.2 Å². The molecule has 2 unspecified atom stereocenters. The van der Waals surface area contributed by atoms with Crippen molar-refractivity contribution in [1.29, 1.82) is 0 Å². The maximum absolute atomic E-state index is 12.5. The molecule has 2 aliphatic rings. The average molecular weight is 369 g/mol. The third kappa shape index (κ3) is 2.96. The number of hydrogen-bond donors (Lipinski definition) is 0. The Morgan fingerprint density at radius 1 is 1.16 bits per heavy atom. The van der Waals surface area contributed by atoms with Gasteiger partial charge in [-0.2, -0.15) is 0 Å². The molecule has 1 heterocycles. The van der Waals surface area contributed by atoms with E-state index in [2.05, 4.69) is 27.5 Å². The lowest BCUT2D eigenvalue weighted by Gasteiger charge is -2.41. The summed E-state index contributed by atoms with van der Waals surface area (Å²) in [6.45, 7) is 1.93. The third-order valence-corrected chi connectivity index (χ3v) is 5.32. The number of amides is 1. The summed E-state index contributed by atoms with van der Waals surface area (Å²) in [5.74, 6) is 1.87. The van der Waals surface area contributed by atoms with Crippen molar-refractivity contribution < 1.29 is 4.79 Å². The molecule has 1 aromatic rings. The monoisotopic (exact) mass is 369 g/mol. The zero-order chi connectivity index (χ0) is 13.2. The molecule has 1 aromatic carbocycles. The Morgan fingerprint density at radius 2 is 1.95 bits per heavy atom. The van der Waals surface area contributed by atoms with Crippen LogP contribution in [0.1, 0.15) is 42.5 Å². The number of carbonyl (C=O) groups excluding carboxylic acids is 1. The first kappa shape index (κ1) is 13.4. The molecule has 1 saturated heterocycles. The van der Waals surface area contributed by atoms with Crippen molar-refractivity contribution >= 4 is 28.5 Å². The van der Waals surface area contributed by atoms with E-state index in [1.54, 1.807) is 0 Å². The molecule has 0 N–H and O–H groups in total. The van der Waals surface area contributed by atoms with Crippen LogP contribution < -0.4 is 0 Å². The zero-order valence-electron chi connectivity index (χ0n) is 11.1. The lowest BCUT2D eigenvalue weighted by molar-refractivity contribution is 0.0521. The molecule has 2 atom stereocenters. The van der Waals surface area contributed by atoms with Crippen molar-refractivity contribution in [1.82, 2.24) is 4.90 Å². The molecule has 3 rings (SSSR count). The SMILES string of the molecule is O=C(c1cccc(I)c1)N1CCC2CCCCC2C1. The van der Waals surface area contributed by atoms with Gasteiger partial charge in [0.05, 0.1) is 0 Å². The molecule has 3 heteroatoms. The van der Waals surface area contributed by atoms with Gasteiger partial charge in [0.15, 0.2) is 0 Å². The Morgan fingerprint density at radius 3 is 2.74 bits per heavy atom. The van der Waals surface area contributed by atoms with Crippen molar-refractivity contribution in [2.24, 2.45) is 11.8 Å². The second kappa shape index (κ2) is 5.81. The molecule has 0 bridgehead atoms. The van der Waals surface area contributed by atoms with Crippen molar-refractivity contribution in [2.45, 2.75) is 32.1 Å². The highest BCUT2D eigenvalue weighted by Crippen LogP contribution is 2.36. The maximum Gasteiger partial charge on any atom is 0.253 e. The van der Waals surface area contributed by atoms with Crippen molar-refractivity contribution in [2.75, 3.05) is 13.1 Å². The van der Waals surface area contributed by atoms with Crippen molar-refractivity contribution in [3.8, 4) is 0 Å². The predicted molar refractivity (Wildman–Crippen MR) is 85.1 cm³/mol. The first-order valence-corrected chi connectivity index (χ1v) is 8.37. The summed E-state index contributed by atoms with van der Waals surface area (Å²) in [6.07, 6.45) is 6.66. The van der Waals surface area contributed by atoms with Gasteiger partial charge in [0.2, 0.25) is 0 Å². The second-order valence-electron chi connectivity index (χ2n) is 5.85. The number of carbonyl (C=O) groups is 1. The number of rotatable bonds is 1. The molecular formula is C16H20INO. The Bertz CT molecular complexity index is 474. The van der Waals surface area contributed by atoms with Crippen molar-refractivity contribution in [3.05, 3.63) is 33.4 Å². The topological polar surface area (TPSA) is 20.3 Å². The maximum atomic E-state index is 12.5. The standard InChI is InChI=1S/C16H20INO/c17-15-7-3-6-13(10-15)16(19)18-9-8-12-4-1-2-5-14(12)11-18/h3,6-7,10,12,14H,1-2,4-5,8-9,11H2. The fourth-order valence-electron chi connectivity index (χ4n) is 3.59. The summed E-state index contributed by atoms with van der Waals surface area (Å²) in [6, 6.07) is 7.94. The highest BCUT2D eigenvalue weighted by atomic mass is 127. The summed E-state index contributed by atoms with van der Waals surface area (Å²) in [5.41, 5.74) is 0.848. The van der Waals surface area contributed by atoms with Crippen LogP contribution in [0.5, 0.6) is 0 Å². The van der Waals surface area contributed by atoms with Crippen LogP contribution in [0.15, 0.2) is 24.3 Å². The highest BCUT2D eigenvalue weighted by molar-refractivity contribution is 14.1. The van der Waals surface area contributed by atoms with E-state index in [1.165, 1.54) is 32.1 Å².